The van der Waals surface area contributed by atoms with Gasteiger partial charge in [0.25, 0.3) is 0 Å². The van der Waals surface area contributed by atoms with Gasteiger partial charge in [0, 0.05) is 12.3 Å². The van der Waals surface area contributed by atoms with Gasteiger partial charge < -0.3 is 10.5 Å². The number of rotatable bonds is 4. The molecule has 1 unspecified atom stereocenters. The molecule has 0 saturated carbocycles. The van der Waals surface area contributed by atoms with E-state index in [1.165, 1.54) is 0 Å². The molecule has 0 aliphatic carbocycles. The predicted molar refractivity (Wildman–Crippen MR) is 78.2 cm³/mol. The molecule has 1 aromatic carbocycles. The molecule has 2 heterocycles. The van der Waals surface area contributed by atoms with Gasteiger partial charge in [0.2, 0.25) is 5.88 Å². The third-order valence-electron chi connectivity index (χ3n) is 3.18. The molecule has 2 aromatic heterocycles. The number of hydrogen-bond donors (Lipinski definition) is 1. The molecule has 0 fully saturated rings. The molecule has 3 aromatic rings. The Morgan fingerprint density at radius 1 is 1.05 bits per heavy atom. The van der Waals surface area contributed by atoms with Crippen LogP contribution in [0.25, 0.3) is 5.69 Å². The summed E-state index contributed by atoms with van der Waals surface area (Å²) in [7, 11) is 1.55. The second kappa shape index (κ2) is 5.72. The van der Waals surface area contributed by atoms with Crippen molar-refractivity contribution in [3.63, 3.8) is 0 Å². The van der Waals surface area contributed by atoms with Crippen molar-refractivity contribution in [3.8, 4) is 11.6 Å². The number of hydrogen-bond acceptors (Lipinski definition) is 5. The SMILES string of the molecule is COc1ccc(C(N)c2ccnn2-c2ccccc2)nn1. The van der Waals surface area contributed by atoms with Crippen molar-refractivity contribution < 1.29 is 4.74 Å². The van der Waals surface area contributed by atoms with Crippen LogP contribution in [0.4, 0.5) is 0 Å². The minimum atomic E-state index is -0.411. The highest BCUT2D eigenvalue weighted by Crippen LogP contribution is 2.20. The van der Waals surface area contributed by atoms with Crippen molar-refractivity contribution in [2.24, 2.45) is 5.73 Å². The molecule has 6 nitrogen and oxygen atoms in total. The van der Waals surface area contributed by atoms with Crippen molar-refractivity contribution >= 4 is 0 Å². The van der Waals surface area contributed by atoms with E-state index in [2.05, 4.69) is 15.3 Å². The molecule has 0 aliphatic rings. The normalized spacial score (nSPS) is 12.1. The van der Waals surface area contributed by atoms with Crippen LogP contribution in [0.5, 0.6) is 5.88 Å². The highest BCUT2D eigenvalue weighted by molar-refractivity contribution is 5.35. The average Bonchev–Trinajstić information content (AvgIpc) is 3.04. The molecule has 106 valence electrons. The number of nitrogens with two attached hydrogens (primary N) is 1. The van der Waals surface area contributed by atoms with Crippen molar-refractivity contribution in [2.45, 2.75) is 6.04 Å². The maximum Gasteiger partial charge on any atom is 0.233 e. The van der Waals surface area contributed by atoms with E-state index in [-0.39, 0.29) is 0 Å². The van der Waals surface area contributed by atoms with Crippen LogP contribution in [0.2, 0.25) is 0 Å². The highest BCUT2D eigenvalue weighted by atomic mass is 16.5. The fourth-order valence-corrected chi connectivity index (χ4v) is 2.09. The van der Waals surface area contributed by atoms with Crippen LogP contribution >= 0.6 is 0 Å². The quantitative estimate of drug-likeness (QED) is 0.787. The fraction of sp³-hybridized carbons (Fsp3) is 0.133. The zero-order valence-electron chi connectivity index (χ0n) is 11.5. The van der Waals surface area contributed by atoms with Gasteiger partial charge in [-0.05, 0) is 24.3 Å². The first-order chi connectivity index (χ1) is 10.3. The highest BCUT2D eigenvalue weighted by Gasteiger charge is 2.16. The molecule has 2 N–H and O–H groups in total. The van der Waals surface area contributed by atoms with E-state index >= 15 is 0 Å². The summed E-state index contributed by atoms with van der Waals surface area (Å²) < 4.78 is 6.80. The first-order valence-electron chi connectivity index (χ1n) is 6.52. The van der Waals surface area contributed by atoms with Crippen LogP contribution in [-0.2, 0) is 0 Å². The Bertz CT molecular complexity index is 708. The Morgan fingerprint density at radius 2 is 1.86 bits per heavy atom. The molecule has 0 saturated heterocycles. The van der Waals surface area contributed by atoms with E-state index in [0.717, 1.165) is 11.4 Å². The molecule has 0 aliphatic heterocycles. The predicted octanol–water partition coefficient (Wildman–Crippen LogP) is 1.72. The van der Waals surface area contributed by atoms with Crippen molar-refractivity contribution in [3.05, 3.63) is 66.1 Å². The van der Waals surface area contributed by atoms with Crippen molar-refractivity contribution in [1.82, 2.24) is 20.0 Å². The third-order valence-corrected chi connectivity index (χ3v) is 3.18. The molecular weight excluding hydrogens is 266 g/mol. The van der Waals surface area contributed by atoms with E-state index in [1.54, 1.807) is 30.1 Å². The Labute approximate surface area is 122 Å². The number of aromatic nitrogens is 4. The lowest BCUT2D eigenvalue weighted by Crippen LogP contribution is -2.18. The number of para-hydroxylation sites is 1. The molecule has 3 rings (SSSR count). The van der Waals surface area contributed by atoms with Gasteiger partial charge in [-0.1, -0.05) is 18.2 Å². The van der Waals surface area contributed by atoms with Crippen molar-refractivity contribution in [1.29, 1.82) is 0 Å². The maximum atomic E-state index is 6.29. The topological polar surface area (TPSA) is 78.9 Å². The molecule has 0 spiro atoms. The summed E-state index contributed by atoms with van der Waals surface area (Å²) in [6.07, 6.45) is 1.72. The molecule has 1 atom stereocenters. The van der Waals surface area contributed by atoms with Gasteiger partial charge >= 0.3 is 0 Å². The summed E-state index contributed by atoms with van der Waals surface area (Å²) in [6, 6.07) is 14.8. The fourth-order valence-electron chi connectivity index (χ4n) is 2.09. The zero-order chi connectivity index (χ0) is 14.7. The lowest BCUT2D eigenvalue weighted by molar-refractivity contribution is 0.390. The summed E-state index contributed by atoms with van der Waals surface area (Å²) in [5.74, 6) is 0.461. The zero-order valence-corrected chi connectivity index (χ0v) is 11.5. The largest absolute Gasteiger partial charge is 0.480 e. The lowest BCUT2D eigenvalue weighted by atomic mass is 10.1. The van der Waals surface area contributed by atoms with Crippen LogP contribution in [-0.4, -0.2) is 27.1 Å². The summed E-state index contributed by atoms with van der Waals surface area (Å²) in [6.45, 7) is 0. The van der Waals surface area contributed by atoms with Gasteiger partial charge in [0.1, 0.15) is 0 Å². The average molecular weight is 281 g/mol. The van der Waals surface area contributed by atoms with Crippen LogP contribution in [0.3, 0.4) is 0 Å². The standard InChI is InChI=1S/C15H15N5O/c1-21-14-8-7-12(18-19-14)15(16)13-9-10-17-20(13)11-5-3-2-4-6-11/h2-10,15H,16H2,1H3. The van der Waals surface area contributed by atoms with Gasteiger partial charge in [0.15, 0.2) is 0 Å². The summed E-state index contributed by atoms with van der Waals surface area (Å²) in [5, 5.41) is 12.4. The Hall–Kier alpha value is -2.73. The third kappa shape index (κ3) is 2.61. The van der Waals surface area contributed by atoms with Crippen LogP contribution in [0.1, 0.15) is 17.4 Å². The molecular formula is C15H15N5O. The second-order valence-electron chi connectivity index (χ2n) is 4.48. The minimum absolute atomic E-state index is 0.411. The van der Waals surface area contributed by atoms with Gasteiger partial charge in [-0.25, -0.2) is 4.68 Å². The molecule has 6 heteroatoms. The monoisotopic (exact) mass is 281 g/mol. The van der Waals surface area contributed by atoms with Gasteiger partial charge in [-0.15, -0.1) is 10.2 Å². The minimum Gasteiger partial charge on any atom is -0.480 e. The summed E-state index contributed by atoms with van der Waals surface area (Å²) >= 11 is 0. The van der Waals surface area contributed by atoms with Crippen molar-refractivity contribution in [2.75, 3.05) is 7.11 Å². The first kappa shape index (κ1) is 13.3. The maximum absolute atomic E-state index is 6.29. The second-order valence-corrected chi connectivity index (χ2v) is 4.48. The Balaban J connectivity index is 1.95. The van der Waals surface area contributed by atoms with Gasteiger partial charge in [-0.3, -0.25) is 0 Å². The number of ether oxygens (including phenoxy) is 1. The van der Waals surface area contributed by atoms with Gasteiger partial charge in [0.05, 0.1) is 30.2 Å². The smallest absolute Gasteiger partial charge is 0.233 e. The number of benzene rings is 1. The van der Waals surface area contributed by atoms with Crippen LogP contribution in [0.15, 0.2) is 54.7 Å². The molecule has 0 amide bonds. The van der Waals surface area contributed by atoms with E-state index in [9.17, 15) is 0 Å². The first-order valence-corrected chi connectivity index (χ1v) is 6.52. The van der Waals surface area contributed by atoms with Crippen LogP contribution in [0, 0.1) is 0 Å². The number of nitrogens with zero attached hydrogens (tertiary/aromatic N) is 4. The molecule has 21 heavy (non-hydrogen) atoms. The van der Waals surface area contributed by atoms with Gasteiger partial charge in [-0.2, -0.15) is 5.10 Å². The lowest BCUT2D eigenvalue weighted by Gasteiger charge is -2.13. The Kier molecular flexibility index (Phi) is 3.61. The van der Waals surface area contributed by atoms with E-state index in [1.807, 2.05) is 36.4 Å². The number of methoxy groups -OCH3 is 1. The summed E-state index contributed by atoms with van der Waals surface area (Å²) in [4.78, 5) is 0. The Morgan fingerprint density at radius 3 is 2.52 bits per heavy atom. The van der Waals surface area contributed by atoms with E-state index < -0.39 is 6.04 Å². The van der Waals surface area contributed by atoms with Crippen LogP contribution < -0.4 is 10.5 Å². The summed E-state index contributed by atoms with van der Waals surface area (Å²) in [5.41, 5.74) is 8.75. The molecule has 0 radical (unpaired) electrons. The molecule has 0 bridgehead atoms. The van der Waals surface area contributed by atoms with E-state index in [4.69, 9.17) is 10.5 Å². The van der Waals surface area contributed by atoms with E-state index in [0.29, 0.717) is 11.6 Å².